The molecule has 0 fully saturated rings. The van der Waals surface area contributed by atoms with Crippen molar-refractivity contribution < 1.29 is 8.78 Å². The van der Waals surface area contributed by atoms with Crippen molar-refractivity contribution in [2.75, 3.05) is 6.26 Å². The fraction of sp³-hybridized carbons (Fsp3) is 0.0667. The van der Waals surface area contributed by atoms with Gasteiger partial charge in [-0.1, -0.05) is 18.2 Å². The van der Waals surface area contributed by atoms with E-state index < -0.39 is 11.6 Å². The van der Waals surface area contributed by atoms with E-state index in [1.165, 1.54) is 12.1 Å². The summed E-state index contributed by atoms with van der Waals surface area (Å²) in [4.78, 5) is 0. The zero-order valence-corrected chi connectivity index (χ0v) is 11.7. The van der Waals surface area contributed by atoms with Gasteiger partial charge < -0.3 is 0 Å². The van der Waals surface area contributed by atoms with Gasteiger partial charge in [-0.3, -0.25) is 0 Å². The van der Waals surface area contributed by atoms with Gasteiger partial charge in [0.2, 0.25) is 0 Å². The number of hydrogen-bond donors (Lipinski definition) is 0. The van der Waals surface area contributed by atoms with Gasteiger partial charge >= 0.3 is 0 Å². The van der Waals surface area contributed by atoms with E-state index >= 15 is 0 Å². The maximum absolute atomic E-state index is 13.4. The lowest BCUT2D eigenvalue weighted by molar-refractivity contribution is 0.584. The minimum Gasteiger partial charge on any atom is -0.207 e. The molecule has 1 aromatic heterocycles. The summed E-state index contributed by atoms with van der Waals surface area (Å²) in [5.41, 5.74) is 1.52. The maximum atomic E-state index is 13.4. The smallest absolute Gasteiger partial charge is 0.126 e. The van der Waals surface area contributed by atoms with Crippen molar-refractivity contribution in [2.45, 2.75) is 4.21 Å². The number of benzene rings is 2. The van der Waals surface area contributed by atoms with Gasteiger partial charge in [-0.2, -0.15) is 0 Å². The van der Waals surface area contributed by atoms with Gasteiger partial charge in [0.1, 0.15) is 11.6 Å². The molecule has 0 radical (unpaired) electrons. The molecule has 0 amide bonds. The summed E-state index contributed by atoms with van der Waals surface area (Å²) < 4.78 is 29.0. The van der Waals surface area contributed by atoms with E-state index in [1.807, 2.05) is 30.5 Å². The molecule has 19 heavy (non-hydrogen) atoms. The first-order valence-corrected chi connectivity index (χ1v) is 7.75. The highest BCUT2D eigenvalue weighted by Gasteiger charge is 2.14. The highest BCUT2D eigenvalue weighted by molar-refractivity contribution is 8.00. The van der Waals surface area contributed by atoms with Crippen LogP contribution in [0.3, 0.4) is 0 Å². The van der Waals surface area contributed by atoms with Crippen LogP contribution in [0.2, 0.25) is 0 Å². The molecule has 0 bridgehead atoms. The van der Waals surface area contributed by atoms with E-state index in [0.717, 1.165) is 25.9 Å². The average Bonchev–Trinajstić information content (AvgIpc) is 2.75. The van der Waals surface area contributed by atoms with E-state index in [2.05, 4.69) is 0 Å². The van der Waals surface area contributed by atoms with Gasteiger partial charge in [0.15, 0.2) is 0 Å². The monoisotopic (exact) mass is 292 g/mol. The van der Waals surface area contributed by atoms with E-state index in [9.17, 15) is 8.78 Å². The SMILES string of the molecule is CSc1sc2ccccc2c1-c1cc(F)cc(F)c1. The quantitative estimate of drug-likeness (QED) is 0.556. The first-order chi connectivity index (χ1) is 9.19. The van der Waals surface area contributed by atoms with Crippen LogP contribution in [-0.4, -0.2) is 6.26 Å². The molecule has 0 saturated heterocycles. The molecule has 0 saturated carbocycles. The zero-order chi connectivity index (χ0) is 13.4. The lowest BCUT2D eigenvalue weighted by Crippen LogP contribution is -1.84. The third kappa shape index (κ3) is 2.26. The molecule has 0 aliphatic rings. The largest absolute Gasteiger partial charge is 0.207 e. The van der Waals surface area contributed by atoms with Crippen molar-refractivity contribution in [1.29, 1.82) is 0 Å². The Labute approximate surface area is 118 Å². The normalized spacial score (nSPS) is 11.1. The topological polar surface area (TPSA) is 0 Å². The molecule has 0 nitrogen and oxygen atoms in total. The Hall–Kier alpha value is -1.39. The molecule has 0 spiro atoms. The Bertz CT molecular complexity index is 727. The van der Waals surface area contributed by atoms with Crippen LogP contribution >= 0.6 is 23.1 Å². The third-order valence-corrected chi connectivity index (χ3v) is 5.19. The van der Waals surface area contributed by atoms with Gasteiger partial charge in [0.25, 0.3) is 0 Å². The molecule has 3 rings (SSSR count). The molecule has 0 aliphatic carbocycles. The Morgan fingerprint density at radius 2 is 1.68 bits per heavy atom. The molecule has 3 aromatic rings. The molecule has 0 atom stereocenters. The van der Waals surface area contributed by atoms with E-state index in [1.54, 1.807) is 23.1 Å². The van der Waals surface area contributed by atoms with E-state index in [4.69, 9.17) is 0 Å². The fourth-order valence-corrected chi connectivity index (χ4v) is 4.13. The van der Waals surface area contributed by atoms with Crippen molar-refractivity contribution in [1.82, 2.24) is 0 Å². The summed E-state index contributed by atoms with van der Waals surface area (Å²) in [7, 11) is 0. The van der Waals surface area contributed by atoms with Gasteiger partial charge in [-0.15, -0.1) is 23.1 Å². The van der Waals surface area contributed by atoms with Crippen LogP contribution < -0.4 is 0 Å². The Morgan fingerprint density at radius 1 is 1.00 bits per heavy atom. The molecular weight excluding hydrogens is 282 g/mol. The van der Waals surface area contributed by atoms with Crippen molar-refractivity contribution in [3.8, 4) is 11.1 Å². The van der Waals surface area contributed by atoms with Crippen LogP contribution in [0, 0.1) is 11.6 Å². The van der Waals surface area contributed by atoms with Crippen molar-refractivity contribution in [3.63, 3.8) is 0 Å². The number of rotatable bonds is 2. The Kier molecular flexibility index (Phi) is 3.29. The number of halogens is 2. The highest BCUT2D eigenvalue weighted by atomic mass is 32.2. The van der Waals surface area contributed by atoms with Gasteiger partial charge in [0, 0.05) is 21.7 Å². The first kappa shape index (κ1) is 12.6. The molecule has 0 aliphatic heterocycles. The summed E-state index contributed by atoms with van der Waals surface area (Å²) >= 11 is 3.25. The number of fused-ring (bicyclic) bond motifs is 1. The molecule has 2 aromatic carbocycles. The summed E-state index contributed by atoms with van der Waals surface area (Å²) in [5, 5.41) is 1.04. The van der Waals surface area contributed by atoms with Crippen LogP contribution in [0.1, 0.15) is 0 Å². The van der Waals surface area contributed by atoms with Gasteiger partial charge in [-0.25, -0.2) is 8.78 Å². The highest BCUT2D eigenvalue weighted by Crippen LogP contribution is 2.43. The predicted octanol–water partition coefficient (Wildman–Crippen LogP) is 5.57. The molecular formula is C15H10F2S2. The van der Waals surface area contributed by atoms with Gasteiger partial charge in [0.05, 0.1) is 4.21 Å². The molecule has 1 heterocycles. The summed E-state index contributed by atoms with van der Waals surface area (Å²) in [6.45, 7) is 0. The van der Waals surface area contributed by atoms with Crippen LogP contribution in [-0.2, 0) is 0 Å². The second kappa shape index (κ2) is 4.94. The minimum absolute atomic E-state index is 0.544. The van der Waals surface area contributed by atoms with E-state index in [0.29, 0.717) is 5.56 Å². The van der Waals surface area contributed by atoms with Crippen LogP contribution in [0.25, 0.3) is 21.2 Å². The number of thiophene rings is 1. The lowest BCUT2D eigenvalue weighted by Gasteiger charge is -2.04. The zero-order valence-electron chi connectivity index (χ0n) is 10.1. The first-order valence-electron chi connectivity index (χ1n) is 5.71. The van der Waals surface area contributed by atoms with Crippen LogP contribution in [0.5, 0.6) is 0 Å². The van der Waals surface area contributed by atoms with Crippen molar-refractivity contribution in [3.05, 3.63) is 54.1 Å². The minimum atomic E-state index is -0.544. The van der Waals surface area contributed by atoms with E-state index in [-0.39, 0.29) is 0 Å². The standard InChI is InChI=1S/C15H10F2S2/c1-18-15-14(9-6-10(16)8-11(17)7-9)12-4-2-3-5-13(12)19-15/h2-8H,1H3. The molecule has 4 heteroatoms. The fourth-order valence-electron chi connectivity index (χ4n) is 2.14. The second-order valence-corrected chi connectivity index (χ2v) is 6.25. The maximum Gasteiger partial charge on any atom is 0.126 e. The van der Waals surface area contributed by atoms with Crippen molar-refractivity contribution in [2.24, 2.45) is 0 Å². The van der Waals surface area contributed by atoms with Crippen LogP contribution in [0.15, 0.2) is 46.7 Å². The molecule has 0 unspecified atom stereocenters. The average molecular weight is 292 g/mol. The third-order valence-electron chi connectivity index (χ3n) is 2.90. The summed E-state index contributed by atoms with van der Waals surface area (Å²) in [6.07, 6.45) is 1.98. The van der Waals surface area contributed by atoms with Crippen molar-refractivity contribution >= 4 is 33.2 Å². The molecule has 96 valence electrons. The number of thioether (sulfide) groups is 1. The molecule has 0 N–H and O–H groups in total. The van der Waals surface area contributed by atoms with Gasteiger partial charge in [-0.05, 0) is 30.0 Å². The lowest BCUT2D eigenvalue weighted by atomic mass is 10.0. The Balaban J connectivity index is 2.34. The predicted molar refractivity (Wildman–Crippen MR) is 79.0 cm³/mol. The summed E-state index contributed by atoms with van der Waals surface area (Å²) in [6, 6.07) is 11.6. The summed E-state index contributed by atoms with van der Waals surface area (Å²) in [5.74, 6) is -1.09. The Morgan fingerprint density at radius 3 is 2.37 bits per heavy atom. The number of hydrogen-bond acceptors (Lipinski definition) is 2. The second-order valence-electron chi connectivity index (χ2n) is 4.12. The van der Waals surface area contributed by atoms with Crippen LogP contribution in [0.4, 0.5) is 8.78 Å².